The molecule has 4 heteroatoms. The second-order valence-corrected chi connectivity index (χ2v) is 4.65. The minimum absolute atomic E-state index is 0.0568. The number of hydrogen-bond donors (Lipinski definition) is 0. The lowest BCUT2D eigenvalue weighted by Crippen LogP contribution is -2.06. The molecule has 0 amide bonds. The molecule has 0 saturated heterocycles. The summed E-state index contributed by atoms with van der Waals surface area (Å²) in [6, 6.07) is 3.26. The van der Waals surface area contributed by atoms with Gasteiger partial charge in [-0.05, 0) is 17.7 Å². The maximum Gasteiger partial charge on any atom is 0.142 e. The van der Waals surface area contributed by atoms with Crippen LogP contribution in [0.15, 0.2) is 23.4 Å². The molecule has 0 unspecified atom stereocenters. The summed E-state index contributed by atoms with van der Waals surface area (Å²) in [5, 5.41) is 3.73. The van der Waals surface area contributed by atoms with E-state index in [-0.39, 0.29) is 12.0 Å². The SMILES string of the molecule is CC(C)(C)C=NOCc1cc(F)cc(F)c1. The van der Waals surface area contributed by atoms with Crippen LogP contribution in [0.4, 0.5) is 8.78 Å². The first kappa shape index (κ1) is 12.6. The molecule has 0 radical (unpaired) electrons. The average molecular weight is 227 g/mol. The molecule has 0 atom stereocenters. The number of hydrogen-bond acceptors (Lipinski definition) is 2. The highest BCUT2D eigenvalue weighted by Crippen LogP contribution is 2.11. The van der Waals surface area contributed by atoms with Gasteiger partial charge in [-0.25, -0.2) is 8.78 Å². The van der Waals surface area contributed by atoms with Crippen molar-refractivity contribution in [2.45, 2.75) is 27.4 Å². The van der Waals surface area contributed by atoms with Crippen molar-refractivity contribution >= 4 is 6.21 Å². The Labute approximate surface area is 93.9 Å². The van der Waals surface area contributed by atoms with Gasteiger partial charge in [-0.2, -0.15) is 0 Å². The lowest BCUT2D eigenvalue weighted by Gasteiger charge is -2.09. The Kier molecular flexibility index (Phi) is 3.99. The van der Waals surface area contributed by atoms with Crippen LogP contribution in [0.2, 0.25) is 0 Å². The van der Waals surface area contributed by atoms with Crippen LogP contribution in [0.1, 0.15) is 26.3 Å². The van der Waals surface area contributed by atoms with Crippen molar-refractivity contribution in [3.05, 3.63) is 35.4 Å². The van der Waals surface area contributed by atoms with Crippen LogP contribution in [0.3, 0.4) is 0 Å². The van der Waals surface area contributed by atoms with Crippen LogP contribution in [0.5, 0.6) is 0 Å². The zero-order valence-corrected chi connectivity index (χ0v) is 9.63. The van der Waals surface area contributed by atoms with E-state index in [0.717, 1.165) is 6.07 Å². The predicted molar refractivity (Wildman–Crippen MR) is 59.1 cm³/mol. The summed E-state index contributed by atoms with van der Waals surface area (Å²) in [7, 11) is 0. The Morgan fingerprint density at radius 1 is 1.19 bits per heavy atom. The highest BCUT2D eigenvalue weighted by atomic mass is 19.1. The Morgan fingerprint density at radius 3 is 2.25 bits per heavy atom. The van der Waals surface area contributed by atoms with Gasteiger partial charge in [0.05, 0.1) is 0 Å². The van der Waals surface area contributed by atoms with Gasteiger partial charge in [0.1, 0.15) is 18.2 Å². The molecule has 0 bridgehead atoms. The molecule has 0 fully saturated rings. The van der Waals surface area contributed by atoms with Gasteiger partial charge in [0.15, 0.2) is 0 Å². The Bertz CT molecular complexity index is 363. The Hall–Kier alpha value is -1.45. The number of oxime groups is 1. The van der Waals surface area contributed by atoms with E-state index in [4.69, 9.17) is 4.84 Å². The minimum Gasteiger partial charge on any atom is -0.391 e. The smallest absolute Gasteiger partial charge is 0.142 e. The first-order chi connectivity index (χ1) is 7.37. The van der Waals surface area contributed by atoms with E-state index < -0.39 is 11.6 Å². The summed E-state index contributed by atoms with van der Waals surface area (Å²) < 4.78 is 25.6. The van der Waals surface area contributed by atoms with Crippen molar-refractivity contribution in [3.8, 4) is 0 Å². The molecule has 0 N–H and O–H groups in total. The predicted octanol–water partition coefficient (Wildman–Crippen LogP) is 3.51. The first-order valence-electron chi connectivity index (χ1n) is 4.98. The average Bonchev–Trinajstić information content (AvgIpc) is 2.09. The van der Waals surface area contributed by atoms with Crippen molar-refractivity contribution in [1.29, 1.82) is 0 Å². The largest absolute Gasteiger partial charge is 0.391 e. The highest BCUT2D eigenvalue weighted by molar-refractivity contribution is 5.63. The van der Waals surface area contributed by atoms with Gasteiger partial charge in [-0.15, -0.1) is 0 Å². The number of halogens is 2. The summed E-state index contributed by atoms with van der Waals surface area (Å²) in [6.07, 6.45) is 1.64. The summed E-state index contributed by atoms with van der Waals surface area (Å²) in [5.41, 5.74) is 0.344. The molecule has 0 aromatic heterocycles. The lowest BCUT2D eigenvalue weighted by molar-refractivity contribution is 0.129. The van der Waals surface area contributed by atoms with Crippen molar-refractivity contribution in [2.75, 3.05) is 0 Å². The molecule has 0 aliphatic carbocycles. The second kappa shape index (κ2) is 5.05. The van der Waals surface area contributed by atoms with Crippen molar-refractivity contribution in [3.63, 3.8) is 0 Å². The molecule has 0 aliphatic rings. The van der Waals surface area contributed by atoms with Gasteiger partial charge in [0, 0.05) is 17.7 Å². The highest BCUT2D eigenvalue weighted by Gasteiger charge is 2.05. The molecule has 1 aromatic rings. The molecule has 0 spiro atoms. The van der Waals surface area contributed by atoms with Crippen molar-refractivity contribution in [1.82, 2.24) is 0 Å². The molecular weight excluding hydrogens is 212 g/mol. The normalized spacial score (nSPS) is 12.1. The summed E-state index contributed by atoms with van der Waals surface area (Å²) in [5.74, 6) is -1.23. The third kappa shape index (κ3) is 4.87. The Morgan fingerprint density at radius 2 is 1.75 bits per heavy atom. The lowest BCUT2D eigenvalue weighted by atomic mass is 10.00. The molecule has 0 saturated carbocycles. The standard InChI is InChI=1S/C12H15F2NO/c1-12(2,3)8-15-16-7-9-4-10(13)6-11(14)5-9/h4-6,8H,7H2,1-3H3. The van der Waals surface area contributed by atoms with Crippen LogP contribution in [0, 0.1) is 17.0 Å². The fraction of sp³-hybridized carbons (Fsp3) is 0.417. The van der Waals surface area contributed by atoms with Crippen molar-refractivity contribution < 1.29 is 13.6 Å². The fourth-order valence-corrected chi connectivity index (χ4v) is 1.00. The van der Waals surface area contributed by atoms with E-state index in [1.807, 2.05) is 20.8 Å². The quantitative estimate of drug-likeness (QED) is 0.572. The maximum atomic E-state index is 12.8. The first-order valence-corrected chi connectivity index (χ1v) is 4.98. The summed E-state index contributed by atoms with van der Waals surface area (Å²) >= 11 is 0. The molecule has 88 valence electrons. The van der Waals surface area contributed by atoms with Crippen LogP contribution in [-0.2, 0) is 11.4 Å². The van der Waals surface area contributed by atoms with Crippen LogP contribution >= 0.6 is 0 Å². The van der Waals surface area contributed by atoms with E-state index >= 15 is 0 Å². The number of rotatable bonds is 3. The zero-order chi connectivity index (χ0) is 12.2. The van der Waals surface area contributed by atoms with Gasteiger partial charge < -0.3 is 4.84 Å². The third-order valence-electron chi connectivity index (χ3n) is 1.67. The van der Waals surface area contributed by atoms with Gasteiger partial charge in [-0.1, -0.05) is 25.9 Å². The Balaban J connectivity index is 2.52. The zero-order valence-electron chi connectivity index (χ0n) is 9.63. The van der Waals surface area contributed by atoms with Crippen molar-refractivity contribution in [2.24, 2.45) is 10.6 Å². The molecule has 0 aliphatic heterocycles. The van der Waals surface area contributed by atoms with E-state index in [0.29, 0.717) is 5.56 Å². The molecule has 0 heterocycles. The molecule has 1 aromatic carbocycles. The topological polar surface area (TPSA) is 21.6 Å². The van der Waals surface area contributed by atoms with E-state index in [1.165, 1.54) is 12.1 Å². The molecule has 2 nitrogen and oxygen atoms in total. The van der Waals surface area contributed by atoms with Gasteiger partial charge in [0.2, 0.25) is 0 Å². The third-order valence-corrected chi connectivity index (χ3v) is 1.67. The van der Waals surface area contributed by atoms with E-state index in [1.54, 1.807) is 6.21 Å². The second-order valence-electron chi connectivity index (χ2n) is 4.65. The van der Waals surface area contributed by atoms with E-state index in [2.05, 4.69) is 5.16 Å². The monoisotopic (exact) mass is 227 g/mol. The fourth-order valence-electron chi connectivity index (χ4n) is 1.00. The van der Waals surface area contributed by atoms with Crippen LogP contribution < -0.4 is 0 Å². The van der Waals surface area contributed by atoms with Gasteiger partial charge >= 0.3 is 0 Å². The molecule has 16 heavy (non-hydrogen) atoms. The van der Waals surface area contributed by atoms with Gasteiger partial charge in [0.25, 0.3) is 0 Å². The van der Waals surface area contributed by atoms with Crippen LogP contribution in [-0.4, -0.2) is 6.21 Å². The summed E-state index contributed by atoms with van der Waals surface area (Å²) in [6.45, 7) is 5.98. The minimum atomic E-state index is -0.613. The summed E-state index contributed by atoms with van der Waals surface area (Å²) in [4.78, 5) is 4.94. The number of nitrogens with zero attached hydrogens (tertiary/aromatic N) is 1. The van der Waals surface area contributed by atoms with E-state index in [9.17, 15) is 8.78 Å². The van der Waals surface area contributed by atoms with Gasteiger partial charge in [-0.3, -0.25) is 0 Å². The maximum absolute atomic E-state index is 12.8. The molecule has 1 rings (SSSR count). The number of benzene rings is 1. The molecular formula is C12H15F2NO. The van der Waals surface area contributed by atoms with Crippen LogP contribution in [0.25, 0.3) is 0 Å².